The molecule has 0 radical (unpaired) electrons. The molecule has 0 N–H and O–H groups in total. The van der Waals surface area contributed by atoms with Gasteiger partial charge in [0.15, 0.2) is 11.6 Å². The summed E-state index contributed by atoms with van der Waals surface area (Å²) in [5.41, 5.74) is 0.714. The van der Waals surface area contributed by atoms with Crippen LogP contribution in [0.5, 0.6) is 0 Å². The summed E-state index contributed by atoms with van der Waals surface area (Å²) in [6, 6.07) is 2.66. The zero-order valence-electron chi connectivity index (χ0n) is 12.9. The van der Waals surface area contributed by atoms with Crippen molar-refractivity contribution in [1.82, 2.24) is 4.90 Å². The van der Waals surface area contributed by atoms with Crippen molar-refractivity contribution in [1.29, 1.82) is 0 Å². The SMILES string of the molecule is CC(=O)c1cc2c(cc1C(C)=O)C(=O)N(C)C2=O.CCC. The van der Waals surface area contributed by atoms with Crippen LogP contribution in [0.15, 0.2) is 12.1 Å². The molecule has 0 bridgehead atoms. The maximum Gasteiger partial charge on any atom is 0.261 e. The lowest BCUT2D eigenvalue weighted by Crippen LogP contribution is -2.24. The second-order valence-corrected chi connectivity index (χ2v) is 4.93. The molecule has 0 unspecified atom stereocenters. The third-order valence-electron chi connectivity index (χ3n) is 2.99. The topological polar surface area (TPSA) is 71.5 Å². The van der Waals surface area contributed by atoms with Crippen molar-refractivity contribution in [2.75, 3.05) is 7.05 Å². The standard InChI is InChI=1S/C13H11NO4.C3H8/c1-6(15)8-4-10-11(5-9(8)7(2)16)13(18)14(3)12(10)17;1-3-2/h4-5H,1-3H3;3H2,1-2H3. The summed E-state index contributed by atoms with van der Waals surface area (Å²) in [4.78, 5) is 47.5. The molecule has 5 heteroatoms. The first kappa shape index (κ1) is 16.8. The Morgan fingerprint density at radius 1 is 0.905 bits per heavy atom. The molecule has 1 aliphatic heterocycles. The lowest BCUT2D eigenvalue weighted by molar-refractivity contribution is 0.0692. The molecule has 1 aromatic carbocycles. The molecule has 0 aliphatic carbocycles. The minimum Gasteiger partial charge on any atom is -0.294 e. The second kappa shape index (κ2) is 6.43. The summed E-state index contributed by atoms with van der Waals surface area (Å²) >= 11 is 0. The van der Waals surface area contributed by atoms with Crippen LogP contribution in [0.3, 0.4) is 0 Å². The van der Waals surface area contributed by atoms with Gasteiger partial charge in [0.1, 0.15) is 0 Å². The maximum atomic E-state index is 11.8. The van der Waals surface area contributed by atoms with Crippen LogP contribution in [0.25, 0.3) is 0 Å². The van der Waals surface area contributed by atoms with Gasteiger partial charge in [-0.05, 0) is 26.0 Å². The summed E-state index contributed by atoms with van der Waals surface area (Å²) in [7, 11) is 1.37. The molecule has 0 saturated carbocycles. The smallest absolute Gasteiger partial charge is 0.261 e. The molecule has 21 heavy (non-hydrogen) atoms. The largest absolute Gasteiger partial charge is 0.294 e. The highest BCUT2D eigenvalue weighted by atomic mass is 16.2. The Balaban J connectivity index is 0.000000677. The van der Waals surface area contributed by atoms with Crippen molar-refractivity contribution in [3.8, 4) is 0 Å². The molecule has 0 aromatic heterocycles. The molecule has 0 atom stereocenters. The zero-order valence-corrected chi connectivity index (χ0v) is 12.9. The molecule has 5 nitrogen and oxygen atoms in total. The Hall–Kier alpha value is -2.30. The van der Waals surface area contributed by atoms with Gasteiger partial charge in [-0.1, -0.05) is 20.3 Å². The van der Waals surface area contributed by atoms with Crippen LogP contribution >= 0.6 is 0 Å². The molecular formula is C16H19NO4. The number of nitrogens with zero attached hydrogens (tertiary/aromatic N) is 1. The van der Waals surface area contributed by atoms with Gasteiger partial charge in [-0.2, -0.15) is 0 Å². The molecule has 2 amide bonds. The van der Waals surface area contributed by atoms with Gasteiger partial charge in [0.25, 0.3) is 11.8 Å². The van der Waals surface area contributed by atoms with E-state index >= 15 is 0 Å². The Bertz CT molecular complexity index is 578. The van der Waals surface area contributed by atoms with Gasteiger partial charge >= 0.3 is 0 Å². The Morgan fingerprint density at radius 3 is 1.43 bits per heavy atom. The Morgan fingerprint density at radius 2 is 1.19 bits per heavy atom. The van der Waals surface area contributed by atoms with Gasteiger partial charge in [0.05, 0.1) is 11.1 Å². The Kier molecular flexibility index (Phi) is 5.13. The summed E-state index contributed by atoms with van der Waals surface area (Å²) < 4.78 is 0. The monoisotopic (exact) mass is 289 g/mol. The van der Waals surface area contributed by atoms with Crippen LogP contribution < -0.4 is 0 Å². The normalized spacial score (nSPS) is 12.7. The average molecular weight is 289 g/mol. The number of hydrogen-bond donors (Lipinski definition) is 0. The number of amides is 2. The number of carbonyl (C=O) groups is 4. The summed E-state index contributed by atoms with van der Waals surface area (Å²) in [6.45, 7) is 6.89. The van der Waals surface area contributed by atoms with Gasteiger partial charge in [-0.3, -0.25) is 24.1 Å². The molecular weight excluding hydrogens is 270 g/mol. The first-order valence-corrected chi connectivity index (χ1v) is 6.78. The molecule has 0 saturated heterocycles. The molecule has 1 heterocycles. The van der Waals surface area contributed by atoms with Crippen LogP contribution in [-0.4, -0.2) is 35.3 Å². The fourth-order valence-electron chi connectivity index (χ4n) is 1.99. The number of carbonyl (C=O) groups excluding carboxylic acids is 4. The van der Waals surface area contributed by atoms with Gasteiger partial charge in [-0.25, -0.2) is 0 Å². The zero-order chi connectivity index (χ0) is 16.3. The lowest BCUT2D eigenvalue weighted by atomic mass is 9.95. The first-order valence-electron chi connectivity index (χ1n) is 6.78. The predicted molar refractivity (Wildman–Crippen MR) is 78.8 cm³/mol. The van der Waals surface area contributed by atoms with E-state index < -0.39 is 11.8 Å². The van der Waals surface area contributed by atoms with E-state index in [-0.39, 0.29) is 33.8 Å². The van der Waals surface area contributed by atoms with Crippen molar-refractivity contribution < 1.29 is 19.2 Å². The lowest BCUT2D eigenvalue weighted by Gasteiger charge is -2.05. The van der Waals surface area contributed by atoms with Crippen LogP contribution in [0.4, 0.5) is 0 Å². The summed E-state index contributed by atoms with van der Waals surface area (Å²) in [5.74, 6) is -1.52. The van der Waals surface area contributed by atoms with Gasteiger partial charge in [-0.15, -0.1) is 0 Å². The highest BCUT2D eigenvalue weighted by Gasteiger charge is 2.34. The quantitative estimate of drug-likeness (QED) is 0.620. The Labute approximate surface area is 123 Å². The number of hydrogen-bond acceptors (Lipinski definition) is 4. The predicted octanol–water partition coefficient (Wildman–Crippen LogP) is 2.73. The van der Waals surface area contributed by atoms with Crippen LogP contribution in [0, 0.1) is 0 Å². The maximum absolute atomic E-state index is 11.8. The van der Waals surface area contributed by atoms with E-state index in [0.29, 0.717) is 0 Å². The molecule has 2 rings (SSSR count). The fraction of sp³-hybridized carbons (Fsp3) is 0.375. The summed E-state index contributed by atoms with van der Waals surface area (Å²) in [5, 5.41) is 0. The van der Waals surface area contributed by atoms with E-state index in [4.69, 9.17) is 0 Å². The van der Waals surface area contributed by atoms with Gasteiger partial charge < -0.3 is 0 Å². The molecule has 0 fully saturated rings. The van der Waals surface area contributed by atoms with Gasteiger partial charge in [0.2, 0.25) is 0 Å². The van der Waals surface area contributed by atoms with Crippen LogP contribution in [0.1, 0.15) is 75.5 Å². The second-order valence-electron chi connectivity index (χ2n) is 4.93. The van der Waals surface area contributed by atoms with E-state index in [9.17, 15) is 19.2 Å². The minimum atomic E-state index is -0.451. The first-order chi connectivity index (χ1) is 9.76. The van der Waals surface area contributed by atoms with Gasteiger partial charge in [0, 0.05) is 18.2 Å². The fourth-order valence-corrected chi connectivity index (χ4v) is 1.99. The number of ketones is 2. The number of fused-ring (bicyclic) bond motifs is 1. The van der Waals surface area contributed by atoms with Crippen molar-refractivity contribution >= 4 is 23.4 Å². The van der Waals surface area contributed by atoms with E-state index in [2.05, 4.69) is 13.8 Å². The highest BCUT2D eigenvalue weighted by Crippen LogP contribution is 2.26. The van der Waals surface area contributed by atoms with Crippen molar-refractivity contribution in [2.24, 2.45) is 0 Å². The number of Topliss-reactive ketones (excluding diaryl/α,β-unsaturated/α-hetero) is 2. The van der Waals surface area contributed by atoms with Crippen LogP contribution in [-0.2, 0) is 0 Å². The minimum absolute atomic E-state index is 0.178. The number of imide groups is 1. The van der Waals surface area contributed by atoms with Crippen LogP contribution in [0.2, 0.25) is 0 Å². The van der Waals surface area contributed by atoms with Crippen molar-refractivity contribution in [3.63, 3.8) is 0 Å². The van der Waals surface area contributed by atoms with Crippen molar-refractivity contribution in [2.45, 2.75) is 34.1 Å². The van der Waals surface area contributed by atoms with E-state index in [1.807, 2.05) is 0 Å². The molecule has 0 spiro atoms. The third-order valence-corrected chi connectivity index (χ3v) is 2.99. The van der Waals surface area contributed by atoms with Crippen molar-refractivity contribution in [3.05, 3.63) is 34.4 Å². The van der Waals surface area contributed by atoms with E-state index in [1.54, 1.807) is 0 Å². The average Bonchev–Trinajstić information content (AvgIpc) is 2.63. The summed E-state index contributed by atoms with van der Waals surface area (Å²) in [6.07, 6.45) is 1.25. The molecule has 1 aliphatic rings. The number of benzene rings is 1. The molecule has 1 aromatic rings. The highest BCUT2D eigenvalue weighted by molar-refractivity contribution is 6.23. The molecule has 112 valence electrons. The van der Waals surface area contributed by atoms with E-state index in [1.165, 1.54) is 39.4 Å². The number of rotatable bonds is 2. The third kappa shape index (κ3) is 3.07. The van der Waals surface area contributed by atoms with E-state index in [0.717, 1.165) is 4.90 Å².